The Bertz CT molecular complexity index is 1300. The first-order valence-corrected chi connectivity index (χ1v) is 13.7. The first-order valence-electron chi connectivity index (χ1n) is 10.5. The van der Waals surface area contributed by atoms with Gasteiger partial charge in [-0.2, -0.15) is 5.26 Å². The van der Waals surface area contributed by atoms with E-state index in [1.54, 1.807) is 11.3 Å². The van der Waals surface area contributed by atoms with E-state index in [-0.39, 0.29) is 5.41 Å². The van der Waals surface area contributed by atoms with Gasteiger partial charge in [-0.05, 0) is 46.2 Å². The van der Waals surface area contributed by atoms with Crippen molar-refractivity contribution in [1.29, 1.82) is 5.26 Å². The number of thiophene rings is 1. The van der Waals surface area contributed by atoms with Gasteiger partial charge in [0.25, 0.3) is 0 Å². The van der Waals surface area contributed by atoms with Crippen LogP contribution in [-0.4, -0.2) is 14.3 Å². The number of thioether (sulfide) groups is 1. The molecule has 2 aromatic heterocycles. The number of nitriles is 1. The summed E-state index contributed by atoms with van der Waals surface area (Å²) in [5.74, 6) is 0. The molecule has 4 aromatic rings. The summed E-state index contributed by atoms with van der Waals surface area (Å²) in [6.45, 7) is 6.48. The van der Waals surface area contributed by atoms with E-state index in [2.05, 4.69) is 26.8 Å². The maximum Gasteiger partial charge on any atom is 0.116 e. The summed E-state index contributed by atoms with van der Waals surface area (Å²) in [5.41, 5.74) is 4.42. The summed E-state index contributed by atoms with van der Waals surface area (Å²) in [5, 5.41) is 13.0. The van der Waals surface area contributed by atoms with Gasteiger partial charge in [-0.15, -0.1) is 11.3 Å². The summed E-state index contributed by atoms with van der Waals surface area (Å²) >= 11 is 2.99. The van der Waals surface area contributed by atoms with Crippen LogP contribution in [0.15, 0.2) is 88.1 Å². The van der Waals surface area contributed by atoms with E-state index >= 15 is 0 Å². The Labute approximate surface area is 206 Å². The van der Waals surface area contributed by atoms with Gasteiger partial charge in [-0.3, -0.25) is 4.21 Å². The third-order valence-electron chi connectivity index (χ3n) is 5.24. The van der Waals surface area contributed by atoms with Crippen molar-refractivity contribution in [2.75, 3.05) is 5.08 Å². The molecule has 2 heterocycles. The molecule has 3 nitrogen and oxygen atoms in total. The first kappa shape index (κ1) is 23.4. The molecule has 4 rings (SSSR count). The lowest BCUT2D eigenvalue weighted by Gasteiger charge is -2.19. The number of nitrogens with zero attached hydrogens (tertiary/aromatic N) is 2. The molecule has 0 amide bonds. The highest BCUT2D eigenvalue weighted by molar-refractivity contribution is 8.10. The molecular formula is C27H24N2OS3. The fraction of sp³-hybridized carbons (Fsp3) is 0.185. The molecule has 0 spiro atoms. The van der Waals surface area contributed by atoms with E-state index in [0.717, 1.165) is 26.6 Å². The number of aromatic nitrogens is 1. The first-order chi connectivity index (χ1) is 15.9. The molecule has 2 aromatic carbocycles. The number of pyridine rings is 1. The normalized spacial score (nSPS) is 12.3. The van der Waals surface area contributed by atoms with Gasteiger partial charge in [0.05, 0.1) is 32.0 Å². The smallest absolute Gasteiger partial charge is 0.116 e. The van der Waals surface area contributed by atoms with Gasteiger partial charge in [-0.1, -0.05) is 81.1 Å². The molecule has 0 saturated heterocycles. The third-order valence-corrected chi connectivity index (χ3v) is 8.83. The van der Waals surface area contributed by atoms with Crippen molar-refractivity contribution in [3.63, 3.8) is 0 Å². The van der Waals surface area contributed by atoms with E-state index in [1.807, 2.05) is 78.2 Å². The van der Waals surface area contributed by atoms with E-state index in [0.29, 0.717) is 15.7 Å². The quantitative estimate of drug-likeness (QED) is 0.264. The van der Waals surface area contributed by atoms with Gasteiger partial charge < -0.3 is 0 Å². The van der Waals surface area contributed by atoms with Gasteiger partial charge in [0.1, 0.15) is 11.1 Å². The molecule has 33 heavy (non-hydrogen) atoms. The van der Waals surface area contributed by atoms with Crippen LogP contribution >= 0.6 is 23.1 Å². The molecule has 0 aliphatic heterocycles. The Morgan fingerprint density at radius 2 is 1.76 bits per heavy atom. The summed E-state index contributed by atoms with van der Waals surface area (Å²) in [6, 6.07) is 26.2. The molecule has 166 valence electrons. The molecular weight excluding hydrogens is 465 g/mol. The molecule has 6 heteroatoms. The van der Waals surface area contributed by atoms with Crippen LogP contribution in [0.5, 0.6) is 0 Å². The number of hydrogen-bond acceptors (Lipinski definition) is 5. The maximum atomic E-state index is 13.0. The Morgan fingerprint density at radius 1 is 1.03 bits per heavy atom. The monoisotopic (exact) mass is 488 g/mol. The lowest BCUT2D eigenvalue weighted by Crippen LogP contribution is -2.10. The second-order valence-electron chi connectivity index (χ2n) is 8.57. The SMILES string of the molecule is CC(C)(C)c1ccc([S@@](=O)CSc2nc(-c3cccs3)cc(-c3ccccc3)c2C#N)cc1. The molecule has 0 fully saturated rings. The standard InChI is InChI=1S/C27H24N2OS3/c1-27(2,3)20-11-13-21(14-12-20)33(30)18-32-26-23(17-28)22(19-8-5-4-6-9-19)16-24(29-26)25-10-7-15-31-25/h4-16H,18H2,1-3H3/t33-/m0/s1. The predicted octanol–water partition coefficient (Wildman–Crippen LogP) is 7.50. The molecule has 0 radical (unpaired) electrons. The summed E-state index contributed by atoms with van der Waals surface area (Å²) in [4.78, 5) is 6.62. The van der Waals surface area contributed by atoms with Gasteiger partial charge in [-0.25, -0.2) is 4.98 Å². The van der Waals surface area contributed by atoms with Crippen molar-refractivity contribution in [1.82, 2.24) is 4.98 Å². The van der Waals surface area contributed by atoms with Crippen LogP contribution in [0.2, 0.25) is 0 Å². The summed E-state index contributed by atoms with van der Waals surface area (Å²) in [6.07, 6.45) is 0. The van der Waals surface area contributed by atoms with Crippen LogP contribution in [0.4, 0.5) is 0 Å². The summed E-state index contributed by atoms with van der Waals surface area (Å²) < 4.78 is 13.0. The van der Waals surface area contributed by atoms with Crippen molar-refractivity contribution < 1.29 is 4.21 Å². The van der Waals surface area contributed by atoms with Gasteiger partial charge in [0, 0.05) is 10.5 Å². The van der Waals surface area contributed by atoms with Crippen molar-refractivity contribution in [3.8, 4) is 27.8 Å². The van der Waals surface area contributed by atoms with Gasteiger partial charge in [0.15, 0.2) is 0 Å². The van der Waals surface area contributed by atoms with E-state index in [1.165, 1.54) is 17.3 Å². The fourth-order valence-electron chi connectivity index (χ4n) is 3.41. The van der Waals surface area contributed by atoms with Crippen LogP contribution < -0.4 is 0 Å². The molecule has 0 bridgehead atoms. The zero-order valence-electron chi connectivity index (χ0n) is 18.7. The van der Waals surface area contributed by atoms with Crippen molar-refractivity contribution in [3.05, 3.63) is 89.3 Å². The molecule has 1 atom stereocenters. The van der Waals surface area contributed by atoms with Gasteiger partial charge in [0.2, 0.25) is 0 Å². The van der Waals surface area contributed by atoms with Crippen LogP contribution in [0.1, 0.15) is 31.9 Å². The number of benzene rings is 2. The molecule has 0 N–H and O–H groups in total. The molecule has 0 unspecified atom stereocenters. The van der Waals surface area contributed by atoms with Crippen molar-refractivity contribution in [2.45, 2.75) is 36.1 Å². The van der Waals surface area contributed by atoms with Gasteiger partial charge >= 0.3 is 0 Å². The Balaban J connectivity index is 1.66. The lowest BCUT2D eigenvalue weighted by atomic mass is 9.87. The highest BCUT2D eigenvalue weighted by atomic mass is 32.2. The Hall–Kier alpha value is -2.72. The Kier molecular flexibility index (Phi) is 7.14. The van der Waals surface area contributed by atoms with Crippen molar-refractivity contribution in [2.24, 2.45) is 0 Å². The average Bonchev–Trinajstić information content (AvgIpc) is 3.37. The zero-order chi connectivity index (χ0) is 23.4. The average molecular weight is 489 g/mol. The van der Waals surface area contributed by atoms with Crippen LogP contribution in [-0.2, 0) is 16.2 Å². The topological polar surface area (TPSA) is 53.8 Å². The van der Waals surface area contributed by atoms with Crippen LogP contribution in [0.3, 0.4) is 0 Å². The predicted molar refractivity (Wildman–Crippen MR) is 140 cm³/mol. The maximum absolute atomic E-state index is 13.0. The minimum atomic E-state index is -1.21. The van der Waals surface area contributed by atoms with Crippen molar-refractivity contribution >= 4 is 33.9 Å². The van der Waals surface area contributed by atoms with Crippen LogP contribution in [0.25, 0.3) is 21.7 Å². The number of hydrogen-bond donors (Lipinski definition) is 0. The molecule has 0 aliphatic carbocycles. The minimum Gasteiger partial charge on any atom is -0.253 e. The van der Waals surface area contributed by atoms with E-state index < -0.39 is 10.8 Å². The molecule has 0 saturated carbocycles. The molecule has 0 aliphatic rings. The number of rotatable bonds is 6. The second-order valence-corrected chi connectivity index (χ2v) is 12.3. The highest BCUT2D eigenvalue weighted by Gasteiger charge is 2.18. The van der Waals surface area contributed by atoms with Crippen LogP contribution in [0, 0.1) is 11.3 Å². The fourth-order valence-corrected chi connectivity index (χ4v) is 6.42. The Morgan fingerprint density at radius 3 is 2.36 bits per heavy atom. The minimum absolute atomic E-state index is 0.0520. The zero-order valence-corrected chi connectivity index (χ0v) is 21.2. The second kappa shape index (κ2) is 10.0. The van der Waals surface area contributed by atoms with E-state index in [9.17, 15) is 9.47 Å². The lowest BCUT2D eigenvalue weighted by molar-refractivity contribution is 0.589. The van der Waals surface area contributed by atoms with E-state index in [4.69, 9.17) is 4.98 Å². The highest BCUT2D eigenvalue weighted by Crippen LogP contribution is 2.36. The third kappa shape index (κ3) is 5.44. The largest absolute Gasteiger partial charge is 0.253 e. The summed E-state index contributed by atoms with van der Waals surface area (Å²) in [7, 11) is -1.21.